The van der Waals surface area contributed by atoms with E-state index in [1.54, 1.807) is 6.20 Å². The molecule has 2 aromatic rings. The largest absolute Gasteiger partial charge is 0.347 e. The predicted molar refractivity (Wildman–Crippen MR) is 90.9 cm³/mol. The van der Waals surface area contributed by atoms with Gasteiger partial charge in [-0.05, 0) is 31.0 Å². The molecule has 0 spiro atoms. The minimum absolute atomic E-state index is 0. The summed E-state index contributed by atoms with van der Waals surface area (Å²) in [6.07, 6.45) is 2.79. The minimum Gasteiger partial charge on any atom is -0.347 e. The molecule has 5 heteroatoms. The van der Waals surface area contributed by atoms with Crippen LogP contribution >= 0.6 is 12.4 Å². The highest BCUT2D eigenvalue weighted by molar-refractivity contribution is 5.85. The van der Waals surface area contributed by atoms with E-state index in [4.69, 9.17) is 5.73 Å². The van der Waals surface area contributed by atoms with E-state index >= 15 is 0 Å². The number of hydrogen-bond acceptors (Lipinski definition) is 3. The van der Waals surface area contributed by atoms with Crippen molar-refractivity contribution >= 4 is 18.3 Å². The summed E-state index contributed by atoms with van der Waals surface area (Å²) >= 11 is 0. The van der Waals surface area contributed by atoms with Gasteiger partial charge < -0.3 is 11.1 Å². The Balaban J connectivity index is 0.00000242. The molecular formula is C17H22ClN3O. The van der Waals surface area contributed by atoms with Crippen LogP contribution in [0, 0.1) is 6.92 Å². The molecule has 0 aliphatic rings. The second-order valence-corrected chi connectivity index (χ2v) is 5.10. The molecular weight excluding hydrogens is 298 g/mol. The molecule has 1 aromatic carbocycles. The first-order valence-electron chi connectivity index (χ1n) is 7.15. The fraction of sp³-hybridized carbons (Fsp3) is 0.294. The highest BCUT2D eigenvalue weighted by Gasteiger charge is 2.16. The van der Waals surface area contributed by atoms with E-state index < -0.39 is 0 Å². The van der Waals surface area contributed by atoms with Crippen molar-refractivity contribution in [2.24, 2.45) is 5.73 Å². The van der Waals surface area contributed by atoms with Gasteiger partial charge in [0.05, 0.1) is 11.7 Å². The van der Waals surface area contributed by atoms with E-state index in [0.29, 0.717) is 19.4 Å². The van der Waals surface area contributed by atoms with Crippen molar-refractivity contribution in [2.75, 3.05) is 6.54 Å². The van der Waals surface area contributed by atoms with Crippen LogP contribution in [0.3, 0.4) is 0 Å². The molecule has 4 nitrogen and oxygen atoms in total. The van der Waals surface area contributed by atoms with Gasteiger partial charge in [0.15, 0.2) is 0 Å². The molecule has 0 saturated carbocycles. The van der Waals surface area contributed by atoms with E-state index in [-0.39, 0.29) is 24.4 Å². The third-order valence-electron chi connectivity index (χ3n) is 3.31. The summed E-state index contributed by atoms with van der Waals surface area (Å²) in [6.45, 7) is 2.41. The molecule has 1 heterocycles. The van der Waals surface area contributed by atoms with Crippen LogP contribution < -0.4 is 11.1 Å². The lowest BCUT2D eigenvalue weighted by atomic mass is 10.0. The van der Waals surface area contributed by atoms with Gasteiger partial charge in [-0.25, -0.2) is 0 Å². The third kappa shape index (κ3) is 5.47. The summed E-state index contributed by atoms with van der Waals surface area (Å²) in [7, 11) is 0. The third-order valence-corrected chi connectivity index (χ3v) is 3.31. The quantitative estimate of drug-likeness (QED) is 0.860. The first-order chi connectivity index (χ1) is 10.2. The Morgan fingerprint density at radius 2 is 1.95 bits per heavy atom. The lowest BCUT2D eigenvalue weighted by Crippen LogP contribution is -2.31. The van der Waals surface area contributed by atoms with E-state index in [0.717, 1.165) is 5.69 Å². The normalized spacial score (nSPS) is 11.4. The van der Waals surface area contributed by atoms with Crippen LogP contribution in [0.1, 0.15) is 29.3 Å². The van der Waals surface area contributed by atoms with Crippen LogP contribution in [0.25, 0.3) is 0 Å². The van der Waals surface area contributed by atoms with Crippen molar-refractivity contribution in [1.82, 2.24) is 10.3 Å². The molecule has 0 radical (unpaired) electrons. The first-order valence-corrected chi connectivity index (χ1v) is 7.15. The van der Waals surface area contributed by atoms with Crippen LogP contribution in [-0.2, 0) is 11.2 Å². The lowest BCUT2D eigenvalue weighted by Gasteiger charge is -2.18. The van der Waals surface area contributed by atoms with E-state index in [1.807, 2.05) is 18.2 Å². The molecule has 0 bridgehead atoms. The molecule has 3 N–H and O–H groups in total. The lowest BCUT2D eigenvalue weighted by molar-refractivity contribution is -0.121. The number of hydrogen-bond donors (Lipinski definition) is 2. The van der Waals surface area contributed by atoms with Gasteiger partial charge in [0.25, 0.3) is 0 Å². The van der Waals surface area contributed by atoms with Gasteiger partial charge in [0.2, 0.25) is 5.91 Å². The van der Waals surface area contributed by atoms with Gasteiger partial charge in [0, 0.05) is 19.2 Å². The van der Waals surface area contributed by atoms with Gasteiger partial charge in [-0.3, -0.25) is 9.78 Å². The number of amides is 1. The minimum atomic E-state index is -0.132. The van der Waals surface area contributed by atoms with Gasteiger partial charge in [0.1, 0.15) is 0 Å². The van der Waals surface area contributed by atoms with Crippen LogP contribution in [-0.4, -0.2) is 17.4 Å². The zero-order valence-corrected chi connectivity index (χ0v) is 13.5. The zero-order valence-electron chi connectivity index (χ0n) is 12.7. The maximum atomic E-state index is 11.9. The van der Waals surface area contributed by atoms with Crippen molar-refractivity contribution < 1.29 is 4.79 Å². The number of pyridine rings is 1. The maximum absolute atomic E-state index is 11.9. The summed E-state index contributed by atoms with van der Waals surface area (Å²) < 4.78 is 0. The van der Waals surface area contributed by atoms with E-state index in [1.165, 1.54) is 11.1 Å². The highest BCUT2D eigenvalue weighted by Crippen LogP contribution is 2.17. The number of nitrogens with one attached hydrogen (secondary N) is 1. The fourth-order valence-corrected chi connectivity index (χ4v) is 2.17. The Kier molecular flexibility index (Phi) is 7.57. The van der Waals surface area contributed by atoms with Crippen molar-refractivity contribution in [2.45, 2.75) is 25.8 Å². The Hall–Kier alpha value is -1.91. The van der Waals surface area contributed by atoms with Gasteiger partial charge in [-0.15, -0.1) is 12.4 Å². The maximum Gasteiger partial charge on any atom is 0.221 e. The number of carbonyl (C=O) groups excluding carboxylic acids is 1. The number of nitrogens with zero attached hydrogens (tertiary/aromatic N) is 1. The number of aryl methyl sites for hydroxylation is 1. The van der Waals surface area contributed by atoms with Gasteiger partial charge in [-0.2, -0.15) is 0 Å². The second-order valence-electron chi connectivity index (χ2n) is 5.10. The van der Waals surface area contributed by atoms with Gasteiger partial charge in [-0.1, -0.05) is 35.9 Å². The van der Waals surface area contributed by atoms with Crippen molar-refractivity contribution in [3.63, 3.8) is 0 Å². The summed E-state index contributed by atoms with van der Waals surface area (Å²) in [5.41, 5.74) is 8.69. The molecule has 2 rings (SSSR count). The standard InChI is InChI=1S/C17H21N3O.ClH/c1-13-5-7-14(8-6-13)12-16(20-17(21)9-10-18)15-4-2-3-11-19-15;/h2-8,11,16H,9-10,12,18H2,1H3,(H,20,21);1H. The van der Waals surface area contributed by atoms with E-state index in [9.17, 15) is 4.79 Å². The average Bonchev–Trinajstić information content (AvgIpc) is 2.50. The Morgan fingerprint density at radius 3 is 2.55 bits per heavy atom. The molecule has 1 unspecified atom stereocenters. The summed E-state index contributed by atoms with van der Waals surface area (Å²) in [6, 6.07) is 13.9. The number of benzene rings is 1. The predicted octanol–water partition coefficient (Wildman–Crippen LogP) is 2.56. The molecule has 0 aliphatic heterocycles. The Morgan fingerprint density at radius 1 is 1.23 bits per heavy atom. The summed E-state index contributed by atoms with van der Waals surface area (Å²) in [4.78, 5) is 16.2. The smallest absolute Gasteiger partial charge is 0.221 e. The van der Waals surface area contributed by atoms with E-state index in [2.05, 4.69) is 41.5 Å². The van der Waals surface area contributed by atoms with Crippen LogP contribution in [0.15, 0.2) is 48.7 Å². The SMILES string of the molecule is Cc1ccc(CC(NC(=O)CCN)c2ccccn2)cc1.Cl. The Bertz CT molecular complexity index is 572. The first kappa shape index (κ1) is 18.1. The van der Waals surface area contributed by atoms with Crippen LogP contribution in [0.4, 0.5) is 0 Å². The topological polar surface area (TPSA) is 68.0 Å². The molecule has 0 fully saturated rings. The summed E-state index contributed by atoms with van der Waals surface area (Å²) in [5, 5.41) is 3.02. The van der Waals surface area contributed by atoms with Gasteiger partial charge >= 0.3 is 0 Å². The van der Waals surface area contributed by atoms with Crippen LogP contribution in [0.5, 0.6) is 0 Å². The second kappa shape index (κ2) is 9.18. The van der Waals surface area contributed by atoms with Crippen molar-refractivity contribution in [3.8, 4) is 0 Å². The molecule has 118 valence electrons. The number of rotatable bonds is 6. The average molecular weight is 320 g/mol. The Labute approximate surface area is 137 Å². The molecule has 1 amide bonds. The summed E-state index contributed by atoms with van der Waals surface area (Å²) in [5.74, 6) is -0.0414. The molecule has 0 saturated heterocycles. The van der Waals surface area contributed by atoms with Crippen molar-refractivity contribution in [1.29, 1.82) is 0 Å². The highest BCUT2D eigenvalue weighted by atomic mass is 35.5. The molecule has 22 heavy (non-hydrogen) atoms. The zero-order chi connectivity index (χ0) is 15.1. The molecule has 1 aromatic heterocycles. The molecule has 0 aliphatic carbocycles. The van der Waals surface area contributed by atoms with Crippen LogP contribution in [0.2, 0.25) is 0 Å². The molecule has 1 atom stereocenters. The number of aromatic nitrogens is 1. The monoisotopic (exact) mass is 319 g/mol. The number of nitrogens with two attached hydrogens (primary N) is 1. The van der Waals surface area contributed by atoms with Crippen molar-refractivity contribution in [3.05, 3.63) is 65.5 Å². The number of carbonyl (C=O) groups is 1. The fourth-order valence-electron chi connectivity index (χ4n) is 2.17. The number of halogens is 1.